The van der Waals surface area contributed by atoms with Crippen molar-refractivity contribution < 1.29 is 4.74 Å². The molecule has 0 aliphatic carbocycles. The van der Waals surface area contributed by atoms with E-state index in [1.807, 2.05) is 11.8 Å². The highest BCUT2D eigenvalue weighted by molar-refractivity contribution is 8.13. The summed E-state index contributed by atoms with van der Waals surface area (Å²) in [6, 6.07) is 0. The molecular formula is C13H24N2OS. The SMILES string of the molecule is CCC1(C)CCSC(=NCC2CCCOC2)N1. The molecule has 0 saturated carbocycles. The molecule has 1 N–H and O–H groups in total. The lowest BCUT2D eigenvalue weighted by Gasteiger charge is -2.35. The maximum Gasteiger partial charge on any atom is 0.156 e. The van der Waals surface area contributed by atoms with Crippen molar-refractivity contribution in [2.24, 2.45) is 10.9 Å². The minimum Gasteiger partial charge on any atom is -0.381 e. The molecule has 3 nitrogen and oxygen atoms in total. The van der Waals surface area contributed by atoms with Crippen LogP contribution in [0.5, 0.6) is 0 Å². The molecule has 0 spiro atoms. The lowest BCUT2D eigenvalue weighted by Crippen LogP contribution is -2.48. The average Bonchev–Trinajstić information content (AvgIpc) is 2.38. The van der Waals surface area contributed by atoms with E-state index in [-0.39, 0.29) is 5.54 Å². The molecule has 0 aromatic heterocycles. The maximum atomic E-state index is 5.49. The van der Waals surface area contributed by atoms with Gasteiger partial charge in [0.25, 0.3) is 0 Å². The van der Waals surface area contributed by atoms with Gasteiger partial charge in [-0.1, -0.05) is 18.7 Å². The lowest BCUT2D eigenvalue weighted by molar-refractivity contribution is 0.0582. The first kappa shape index (κ1) is 13.2. The molecule has 2 aliphatic rings. The van der Waals surface area contributed by atoms with Crippen LogP contribution in [0.3, 0.4) is 0 Å². The first-order valence-electron chi connectivity index (χ1n) is 6.75. The number of rotatable bonds is 3. The molecule has 17 heavy (non-hydrogen) atoms. The lowest BCUT2D eigenvalue weighted by atomic mass is 9.96. The van der Waals surface area contributed by atoms with Gasteiger partial charge in [0.05, 0.1) is 6.61 Å². The molecular weight excluding hydrogens is 232 g/mol. The fourth-order valence-corrected chi connectivity index (χ4v) is 3.47. The summed E-state index contributed by atoms with van der Waals surface area (Å²) in [5.74, 6) is 1.82. The molecule has 2 saturated heterocycles. The molecule has 2 unspecified atom stereocenters. The Bertz CT molecular complexity index is 277. The van der Waals surface area contributed by atoms with Gasteiger partial charge in [0, 0.05) is 30.4 Å². The highest BCUT2D eigenvalue weighted by Crippen LogP contribution is 2.25. The van der Waals surface area contributed by atoms with Gasteiger partial charge in [-0.3, -0.25) is 4.99 Å². The van der Waals surface area contributed by atoms with Crippen LogP contribution in [0.2, 0.25) is 0 Å². The Morgan fingerprint density at radius 3 is 3.18 bits per heavy atom. The van der Waals surface area contributed by atoms with Crippen molar-refractivity contribution in [3.8, 4) is 0 Å². The largest absolute Gasteiger partial charge is 0.381 e. The number of aliphatic imine (C=N–C) groups is 1. The quantitative estimate of drug-likeness (QED) is 0.843. The number of hydrogen-bond donors (Lipinski definition) is 1. The van der Waals surface area contributed by atoms with Gasteiger partial charge in [-0.25, -0.2) is 0 Å². The van der Waals surface area contributed by atoms with Crippen molar-refractivity contribution in [1.82, 2.24) is 5.32 Å². The van der Waals surface area contributed by atoms with Gasteiger partial charge >= 0.3 is 0 Å². The first-order valence-corrected chi connectivity index (χ1v) is 7.73. The Morgan fingerprint density at radius 2 is 2.47 bits per heavy atom. The number of nitrogens with one attached hydrogen (secondary N) is 1. The fourth-order valence-electron chi connectivity index (χ4n) is 2.24. The summed E-state index contributed by atoms with van der Waals surface area (Å²) in [7, 11) is 0. The monoisotopic (exact) mass is 256 g/mol. The molecule has 2 rings (SSSR count). The number of ether oxygens (including phenoxy) is 1. The Balaban J connectivity index is 1.83. The summed E-state index contributed by atoms with van der Waals surface area (Å²) in [5, 5.41) is 4.74. The molecule has 4 heteroatoms. The second kappa shape index (κ2) is 6.10. The Morgan fingerprint density at radius 1 is 1.59 bits per heavy atom. The van der Waals surface area contributed by atoms with E-state index >= 15 is 0 Å². The van der Waals surface area contributed by atoms with Gasteiger partial charge in [0.15, 0.2) is 5.17 Å². The molecule has 0 amide bonds. The molecule has 2 heterocycles. The maximum absolute atomic E-state index is 5.49. The zero-order valence-corrected chi connectivity index (χ0v) is 11.8. The van der Waals surface area contributed by atoms with Crippen LogP contribution in [-0.2, 0) is 4.74 Å². The third-order valence-corrected chi connectivity index (χ3v) is 4.74. The number of amidine groups is 1. The number of nitrogens with zero attached hydrogens (tertiary/aromatic N) is 1. The summed E-state index contributed by atoms with van der Waals surface area (Å²) < 4.78 is 5.49. The number of thioether (sulfide) groups is 1. The highest BCUT2D eigenvalue weighted by Gasteiger charge is 2.27. The van der Waals surface area contributed by atoms with Gasteiger partial charge < -0.3 is 10.1 Å². The van der Waals surface area contributed by atoms with Gasteiger partial charge in [0.2, 0.25) is 0 Å². The summed E-state index contributed by atoms with van der Waals surface area (Å²) in [6.07, 6.45) is 4.87. The van der Waals surface area contributed by atoms with Crippen molar-refractivity contribution in [3.63, 3.8) is 0 Å². The summed E-state index contributed by atoms with van der Waals surface area (Å²) in [6.45, 7) is 7.30. The van der Waals surface area contributed by atoms with Crippen molar-refractivity contribution >= 4 is 16.9 Å². The highest BCUT2D eigenvalue weighted by atomic mass is 32.2. The molecule has 0 aromatic rings. The molecule has 0 radical (unpaired) electrons. The zero-order chi connectivity index (χ0) is 12.1. The van der Waals surface area contributed by atoms with Crippen LogP contribution in [0.15, 0.2) is 4.99 Å². The van der Waals surface area contributed by atoms with E-state index in [2.05, 4.69) is 19.2 Å². The van der Waals surface area contributed by atoms with E-state index in [1.54, 1.807) is 0 Å². The molecule has 2 aliphatic heterocycles. The van der Waals surface area contributed by atoms with Gasteiger partial charge in [-0.15, -0.1) is 0 Å². The van der Waals surface area contributed by atoms with E-state index in [0.29, 0.717) is 5.92 Å². The van der Waals surface area contributed by atoms with Crippen LogP contribution < -0.4 is 5.32 Å². The summed E-state index contributed by atoms with van der Waals surface area (Å²) >= 11 is 1.87. The molecule has 0 aromatic carbocycles. The van der Waals surface area contributed by atoms with Gasteiger partial charge in [-0.2, -0.15) is 0 Å². The van der Waals surface area contributed by atoms with E-state index in [1.165, 1.54) is 31.4 Å². The normalized spacial score (nSPS) is 36.8. The molecule has 2 atom stereocenters. The minimum atomic E-state index is 0.257. The van der Waals surface area contributed by atoms with E-state index in [0.717, 1.165) is 24.9 Å². The second-order valence-corrected chi connectivity index (χ2v) is 6.45. The van der Waals surface area contributed by atoms with Gasteiger partial charge in [0.1, 0.15) is 0 Å². The smallest absolute Gasteiger partial charge is 0.156 e. The predicted molar refractivity (Wildman–Crippen MR) is 74.8 cm³/mol. The number of hydrogen-bond acceptors (Lipinski definition) is 3. The Kier molecular flexibility index (Phi) is 4.74. The third-order valence-electron chi connectivity index (χ3n) is 3.83. The van der Waals surface area contributed by atoms with Crippen LogP contribution in [0, 0.1) is 5.92 Å². The van der Waals surface area contributed by atoms with Gasteiger partial charge in [-0.05, 0) is 32.6 Å². The van der Waals surface area contributed by atoms with Crippen LogP contribution in [0.25, 0.3) is 0 Å². The summed E-state index contributed by atoms with van der Waals surface area (Å²) in [4.78, 5) is 4.74. The first-order chi connectivity index (χ1) is 8.22. The van der Waals surface area contributed by atoms with Crippen molar-refractivity contribution in [3.05, 3.63) is 0 Å². The van der Waals surface area contributed by atoms with Crippen molar-refractivity contribution in [1.29, 1.82) is 0 Å². The zero-order valence-electron chi connectivity index (χ0n) is 11.0. The van der Waals surface area contributed by atoms with Crippen LogP contribution in [0.4, 0.5) is 0 Å². The van der Waals surface area contributed by atoms with E-state index in [4.69, 9.17) is 9.73 Å². The van der Waals surface area contributed by atoms with Crippen LogP contribution in [0.1, 0.15) is 39.5 Å². The van der Waals surface area contributed by atoms with Crippen molar-refractivity contribution in [2.75, 3.05) is 25.5 Å². The van der Waals surface area contributed by atoms with Crippen LogP contribution in [-0.4, -0.2) is 36.2 Å². The molecule has 98 valence electrons. The fraction of sp³-hybridized carbons (Fsp3) is 0.923. The van der Waals surface area contributed by atoms with E-state index in [9.17, 15) is 0 Å². The summed E-state index contributed by atoms with van der Waals surface area (Å²) in [5.41, 5.74) is 0.257. The van der Waals surface area contributed by atoms with E-state index < -0.39 is 0 Å². The van der Waals surface area contributed by atoms with Crippen molar-refractivity contribution in [2.45, 2.75) is 45.1 Å². The topological polar surface area (TPSA) is 33.6 Å². The molecule has 0 bridgehead atoms. The Labute approximate surface area is 109 Å². The van der Waals surface area contributed by atoms with Crippen LogP contribution >= 0.6 is 11.8 Å². The average molecular weight is 256 g/mol. The minimum absolute atomic E-state index is 0.257. The standard InChI is InChI=1S/C13H24N2OS/c1-3-13(2)6-8-17-12(15-13)14-9-11-5-4-7-16-10-11/h11H,3-10H2,1-2H3,(H,14,15). The molecule has 2 fully saturated rings. The predicted octanol–water partition coefficient (Wildman–Crippen LogP) is 2.66. The second-order valence-electron chi connectivity index (χ2n) is 5.37. The Hall–Kier alpha value is -0.220. The third kappa shape index (κ3) is 3.88.